The monoisotopic (exact) mass is 367 g/mol. The van der Waals surface area contributed by atoms with Crippen LogP contribution >= 0.6 is 0 Å². The molecule has 1 saturated heterocycles. The van der Waals surface area contributed by atoms with E-state index in [-0.39, 0.29) is 17.0 Å². The minimum absolute atomic E-state index is 0.0421. The Morgan fingerprint density at radius 1 is 1.28 bits per heavy atom. The first-order chi connectivity index (χ1) is 11.9. The Balaban J connectivity index is 1.65. The van der Waals surface area contributed by atoms with Crippen LogP contribution in [0.15, 0.2) is 29.2 Å². The summed E-state index contributed by atoms with van der Waals surface area (Å²) in [7, 11) is 1.62. The summed E-state index contributed by atoms with van der Waals surface area (Å²) in [6, 6.07) is 5.78. The standard InChI is InChI=1S/C19H26FNO3S/c1-14-7-10-19(24-2,11-8-14)18(22)21-12-9-17(13-21)25(23)16-5-3-15(20)4-6-16/h3-6,14,17H,7-13H2,1-2H3. The van der Waals surface area contributed by atoms with Crippen molar-refractivity contribution in [3.8, 4) is 0 Å². The molecule has 4 nitrogen and oxygen atoms in total. The number of carbonyl (C=O) groups excluding carboxylic acids is 1. The van der Waals surface area contributed by atoms with Gasteiger partial charge in [0.15, 0.2) is 4.90 Å². The van der Waals surface area contributed by atoms with Gasteiger partial charge in [0.25, 0.3) is 5.91 Å². The predicted octanol–water partition coefficient (Wildman–Crippen LogP) is 3.13. The Kier molecular flexibility index (Phi) is 5.71. The van der Waals surface area contributed by atoms with Crippen LogP contribution < -0.4 is 0 Å². The molecule has 1 aromatic rings. The first kappa shape index (κ1) is 18.7. The summed E-state index contributed by atoms with van der Waals surface area (Å²) >= 11 is -1.23. The Labute approximate surface area is 151 Å². The van der Waals surface area contributed by atoms with Crippen molar-refractivity contribution in [1.82, 2.24) is 4.90 Å². The highest BCUT2D eigenvalue weighted by atomic mass is 32.2. The molecule has 3 rings (SSSR count). The highest BCUT2D eigenvalue weighted by molar-refractivity contribution is 7.92. The maximum Gasteiger partial charge on any atom is 0.254 e. The molecule has 2 unspecified atom stereocenters. The van der Waals surface area contributed by atoms with E-state index in [9.17, 15) is 13.7 Å². The van der Waals surface area contributed by atoms with E-state index in [1.807, 2.05) is 4.90 Å². The molecule has 1 amide bonds. The fraction of sp³-hybridized carbons (Fsp3) is 0.632. The zero-order valence-corrected chi connectivity index (χ0v) is 15.7. The predicted molar refractivity (Wildman–Crippen MR) is 95.2 cm³/mol. The van der Waals surface area contributed by atoms with Gasteiger partial charge in [-0.3, -0.25) is 4.79 Å². The third kappa shape index (κ3) is 3.86. The first-order valence-electron chi connectivity index (χ1n) is 8.96. The maximum absolute atomic E-state index is 13.1. The van der Waals surface area contributed by atoms with E-state index < -0.39 is 16.8 Å². The number of amides is 1. The van der Waals surface area contributed by atoms with Crippen LogP contribution in [0.5, 0.6) is 0 Å². The molecule has 0 N–H and O–H groups in total. The van der Waals surface area contributed by atoms with Crippen molar-refractivity contribution in [2.75, 3.05) is 20.2 Å². The van der Waals surface area contributed by atoms with Gasteiger partial charge in [-0.2, -0.15) is 0 Å². The van der Waals surface area contributed by atoms with Gasteiger partial charge < -0.3 is 14.2 Å². The lowest BCUT2D eigenvalue weighted by Crippen LogP contribution is -2.51. The van der Waals surface area contributed by atoms with E-state index in [0.717, 1.165) is 25.7 Å². The summed E-state index contributed by atoms with van der Waals surface area (Å²) in [5.41, 5.74) is -0.710. The van der Waals surface area contributed by atoms with Crippen molar-refractivity contribution in [2.24, 2.45) is 5.92 Å². The molecule has 1 heterocycles. The molecule has 2 fully saturated rings. The fourth-order valence-corrected chi connectivity index (χ4v) is 5.29. The summed E-state index contributed by atoms with van der Waals surface area (Å²) in [5.74, 6) is 0.339. The van der Waals surface area contributed by atoms with Crippen LogP contribution in [0.3, 0.4) is 0 Å². The first-order valence-corrected chi connectivity index (χ1v) is 10.2. The molecule has 1 aliphatic carbocycles. The summed E-state index contributed by atoms with van der Waals surface area (Å²) in [4.78, 5) is 15.5. The van der Waals surface area contributed by atoms with Crippen molar-refractivity contribution in [3.05, 3.63) is 30.1 Å². The zero-order chi connectivity index (χ0) is 18.0. The molecular formula is C19H26FNO3S. The van der Waals surface area contributed by atoms with Crippen LogP contribution in [0.4, 0.5) is 4.39 Å². The van der Waals surface area contributed by atoms with Crippen LogP contribution in [0, 0.1) is 11.7 Å². The average Bonchev–Trinajstić information content (AvgIpc) is 3.12. The second-order valence-corrected chi connectivity index (χ2v) is 9.03. The van der Waals surface area contributed by atoms with Crippen LogP contribution in [0.2, 0.25) is 0 Å². The molecule has 6 heteroatoms. The fourth-order valence-electron chi connectivity index (χ4n) is 3.87. The minimum atomic E-state index is -1.23. The number of halogens is 1. The number of hydrogen-bond acceptors (Lipinski definition) is 3. The largest absolute Gasteiger partial charge is 0.611 e. The van der Waals surface area contributed by atoms with Gasteiger partial charge in [0.05, 0.1) is 6.54 Å². The summed E-state index contributed by atoms with van der Waals surface area (Å²) in [5, 5.41) is -0.106. The maximum atomic E-state index is 13.1. The molecule has 2 aliphatic rings. The number of nitrogens with zero attached hydrogens (tertiary/aromatic N) is 1. The van der Waals surface area contributed by atoms with Crippen LogP contribution in [0.25, 0.3) is 0 Å². The number of ether oxygens (including phenoxy) is 1. The van der Waals surface area contributed by atoms with Crippen molar-refractivity contribution in [1.29, 1.82) is 0 Å². The van der Waals surface area contributed by atoms with E-state index in [1.165, 1.54) is 12.1 Å². The third-order valence-electron chi connectivity index (χ3n) is 5.64. The van der Waals surface area contributed by atoms with Gasteiger partial charge >= 0.3 is 0 Å². The quantitative estimate of drug-likeness (QED) is 0.769. The Bertz CT molecular complexity index is 601. The van der Waals surface area contributed by atoms with Crippen molar-refractivity contribution >= 4 is 17.1 Å². The molecule has 1 aliphatic heterocycles. The molecule has 138 valence electrons. The highest BCUT2D eigenvalue weighted by Gasteiger charge is 2.46. The van der Waals surface area contributed by atoms with E-state index in [4.69, 9.17) is 4.74 Å². The number of methoxy groups -OCH3 is 1. The zero-order valence-electron chi connectivity index (χ0n) is 14.9. The van der Waals surface area contributed by atoms with Gasteiger partial charge in [-0.05, 0) is 67.0 Å². The van der Waals surface area contributed by atoms with Crippen LogP contribution in [0.1, 0.15) is 39.0 Å². The SMILES string of the molecule is COC1(C(=O)N2CCC([S+]([O-])c3ccc(F)cc3)C2)CCC(C)CC1. The molecule has 0 aromatic heterocycles. The number of hydrogen-bond donors (Lipinski definition) is 0. The van der Waals surface area contributed by atoms with Crippen LogP contribution in [-0.2, 0) is 20.7 Å². The van der Waals surface area contributed by atoms with Gasteiger partial charge in [0.1, 0.15) is 16.7 Å². The summed E-state index contributed by atoms with van der Waals surface area (Å²) < 4.78 is 31.4. The second-order valence-electron chi connectivity index (χ2n) is 7.29. The van der Waals surface area contributed by atoms with E-state index in [0.29, 0.717) is 30.3 Å². The number of rotatable bonds is 4. The van der Waals surface area contributed by atoms with E-state index >= 15 is 0 Å². The lowest BCUT2D eigenvalue weighted by Gasteiger charge is -2.39. The van der Waals surface area contributed by atoms with Gasteiger partial charge in [0.2, 0.25) is 0 Å². The molecule has 0 bridgehead atoms. The third-order valence-corrected chi connectivity index (χ3v) is 7.37. The van der Waals surface area contributed by atoms with Gasteiger partial charge in [-0.1, -0.05) is 6.92 Å². The number of likely N-dealkylation sites (tertiary alicyclic amines) is 1. The molecule has 2 atom stereocenters. The van der Waals surface area contributed by atoms with E-state index in [2.05, 4.69) is 6.92 Å². The van der Waals surface area contributed by atoms with Gasteiger partial charge in [0, 0.05) is 20.1 Å². The number of benzene rings is 1. The second kappa shape index (κ2) is 7.64. The van der Waals surface area contributed by atoms with Crippen LogP contribution in [-0.4, -0.2) is 46.4 Å². The van der Waals surface area contributed by atoms with Gasteiger partial charge in [-0.15, -0.1) is 0 Å². The minimum Gasteiger partial charge on any atom is -0.611 e. The van der Waals surface area contributed by atoms with Crippen molar-refractivity contribution in [2.45, 2.75) is 54.8 Å². The summed E-state index contributed by atoms with van der Waals surface area (Å²) in [6.07, 6.45) is 4.21. The number of carbonyl (C=O) groups is 1. The molecule has 0 radical (unpaired) electrons. The normalized spacial score (nSPS) is 31.1. The molecule has 0 spiro atoms. The molecular weight excluding hydrogens is 341 g/mol. The summed E-state index contributed by atoms with van der Waals surface area (Å²) in [6.45, 7) is 3.29. The Hall–Kier alpha value is -1.11. The Morgan fingerprint density at radius 2 is 1.92 bits per heavy atom. The smallest absolute Gasteiger partial charge is 0.254 e. The Morgan fingerprint density at radius 3 is 2.52 bits per heavy atom. The van der Waals surface area contributed by atoms with Gasteiger partial charge in [-0.25, -0.2) is 4.39 Å². The molecule has 1 aromatic carbocycles. The molecule has 25 heavy (non-hydrogen) atoms. The van der Waals surface area contributed by atoms with Crippen molar-refractivity contribution < 1.29 is 18.5 Å². The lowest BCUT2D eigenvalue weighted by molar-refractivity contribution is -0.159. The lowest BCUT2D eigenvalue weighted by atomic mass is 9.78. The van der Waals surface area contributed by atoms with E-state index in [1.54, 1.807) is 19.2 Å². The van der Waals surface area contributed by atoms with Crippen molar-refractivity contribution in [3.63, 3.8) is 0 Å². The topological polar surface area (TPSA) is 52.6 Å². The average molecular weight is 367 g/mol. The molecule has 1 saturated carbocycles. The highest BCUT2D eigenvalue weighted by Crippen LogP contribution is 2.37.